The number of hydrogen-bond donors (Lipinski definition) is 1. The fourth-order valence-corrected chi connectivity index (χ4v) is 5.35. The molecule has 3 aromatic carbocycles. The molecule has 2 amide bonds. The first-order valence-corrected chi connectivity index (χ1v) is 13.4. The molecule has 1 aliphatic carbocycles. The SMILES string of the molecule is CCC(C(=O)NC1CCCC1)N(CCc1ccccc1)C(=O)CC(c1ccccc1)c1ccccc1. The lowest BCUT2D eigenvalue weighted by Crippen LogP contribution is -2.52. The second kappa shape index (κ2) is 13.1. The summed E-state index contributed by atoms with van der Waals surface area (Å²) in [6.07, 6.45) is 6.04. The Balaban J connectivity index is 1.58. The molecule has 0 spiro atoms. The van der Waals surface area contributed by atoms with Gasteiger partial charge in [-0.15, -0.1) is 0 Å². The van der Waals surface area contributed by atoms with E-state index >= 15 is 0 Å². The van der Waals surface area contributed by atoms with Crippen LogP contribution in [0.4, 0.5) is 0 Å². The highest BCUT2D eigenvalue weighted by Gasteiger charge is 2.32. The van der Waals surface area contributed by atoms with Crippen molar-refractivity contribution in [3.8, 4) is 0 Å². The molecule has 0 aliphatic heterocycles. The van der Waals surface area contributed by atoms with Gasteiger partial charge in [0.2, 0.25) is 11.8 Å². The van der Waals surface area contributed by atoms with Crippen molar-refractivity contribution in [2.75, 3.05) is 6.54 Å². The van der Waals surface area contributed by atoms with Crippen LogP contribution in [-0.4, -0.2) is 35.3 Å². The normalized spacial score (nSPS) is 14.5. The number of carbonyl (C=O) groups is 2. The smallest absolute Gasteiger partial charge is 0.243 e. The zero-order chi connectivity index (χ0) is 25.2. The monoisotopic (exact) mass is 482 g/mol. The van der Waals surface area contributed by atoms with Crippen molar-refractivity contribution in [1.82, 2.24) is 10.2 Å². The zero-order valence-electron chi connectivity index (χ0n) is 21.3. The molecule has 4 heteroatoms. The lowest BCUT2D eigenvalue weighted by atomic mass is 9.88. The summed E-state index contributed by atoms with van der Waals surface area (Å²) in [6, 6.07) is 30.4. The Morgan fingerprint density at radius 3 is 1.89 bits per heavy atom. The van der Waals surface area contributed by atoms with E-state index in [1.54, 1.807) is 0 Å². The molecule has 3 aromatic rings. The van der Waals surface area contributed by atoms with Crippen LogP contribution >= 0.6 is 0 Å². The van der Waals surface area contributed by atoms with Gasteiger partial charge in [-0.05, 0) is 42.4 Å². The van der Waals surface area contributed by atoms with Crippen LogP contribution in [-0.2, 0) is 16.0 Å². The predicted octanol–water partition coefficient (Wildman–Crippen LogP) is 6.12. The van der Waals surface area contributed by atoms with Gasteiger partial charge >= 0.3 is 0 Å². The summed E-state index contributed by atoms with van der Waals surface area (Å²) < 4.78 is 0. The summed E-state index contributed by atoms with van der Waals surface area (Å²) in [5.41, 5.74) is 3.40. The number of carbonyl (C=O) groups excluding carboxylic acids is 2. The van der Waals surface area contributed by atoms with Gasteiger partial charge in [0.15, 0.2) is 0 Å². The molecule has 36 heavy (non-hydrogen) atoms. The van der Waals surface area contributed by atoms with Gasteiger partial charge in [0, 0.05) is 24.9 Å². The maximum absolute atomic E-state index is 14.0. The fourth-order valence-electron chi connectivity index (χ4n) is 5.35. The number of nitrogens with one attached hydrogen (secondary N) is 1. The Hall–Kier alpha value is -3.40. The highest BCUT2D eigenvalue weighted by atomic mass is 16.2. The third kappa shape index (κ3) is 6.84. The van der Waals surface area contributed by atoms with Crippen LogP contribution < -0.4 is 5.32 Å². The number of amides is 2. The van der Waals surface area contributed by atoms with Crippen molar-refractivity contribution >= 4 is 11.8 Å². The quantitative estimate of drug-likeness (QED) is 0.358. The van der Waals surface area contributed by atoms with E-state index in [9.17, 15) is 9.59 Å². The van der Waals surface area contributed by atoms with E-state index in [-0.39, 0.29) is 23.8 Å². The molecule has 0 saturated heterocycles. The van der Waals surface area contributed by atoms with E-state index in [2.05, 4.69) is 41.7 Å². The molecule has 1 N–H and O–H groups in total. The lowest BCUT2D eigenvalue weighted by Gasteiger charge is -2.33. The standard InChI is InChI=1S/C32H38N2O2/c1-2-30(32(36)33-28-20-12-13-21-28)34(23-22-25-14-6-3-7-15-25)31(35)24-29(26-16-8-4-9-17-26)27-18-10-5-11-19-27/h3-11,14-19,28-30H,2,12-13,20-24H2,1H3,(H,33,36). The van der Waals surface area contributed by atoms with Gasteiger partial charge in [-0.1, -0.05) is 111 Å². The molecule has 1 aliphatic rings. The van der Waals surface area contributed by atoms with Gasteiger partial charge in [0.1, 0.15) is 6.04 Å². The van der Waals surface area contributed by atoms with Crippen LogP contribution in [0.15, 0.2) is 91.0 Å². The predicted molar refractivity (Wildman–Crippen MR) is 146 cm³/mol. The van der Waals surface area contributed by atoms with Crippen molar-refractivity contribution in [3.63, 3.8) is 0 Å². The summed E-state index contributed by atoms with van der Waals surface area (Å²) in [7, 11) is 0. The first-order chi connectivity index (χ1) is 17.7. The minimum absolute atomic E-state index is 0.0122. The minimum atomic E-state index is -0.464. The summed E-state index contributed by atoms with van der Waals surface area (Å²) >= 11 is 0. The van der Waals surface area contributed by atoms with E-state index in [1.807, 2.05) is 66.4 Å². The number of benzene rings is 3. The Bertz CT molecular complexity index is 1040. The van der Waals surface area contributed by atoms with Gasteiger partial charge in [-0.25, -0.2) is 0 Å². The summed E-state index contributed by atoms with van der Waals surface area (Å²) in [5.74, 6) is -0.0478. The minimum Gasteiger partial charge on any atom is -0.352 e. The van der Waals surface area contributed by atoms with Crippen LogP contribution in [0.5, 0.6) is 0 Å². The van der Waals surface area contributed by atoms with Gasteiger partial charge in [-0.2, -0.15) is 0 Å². The lowest BCUT2D eigenvalue weighted by molar-refractivity contribution is -0.141. The van der Waals surface area contributed by atoms with E-state index in [1.165, 1.54) is 5.56 Å². The molecule has 1 unspecified atom stereocenters. The van der Waals surface area contributed by atoms with Crippen LogP contribution in [0.2, 0.25) is 0 Å². The van der Waals surface area contributed by atoms with Gasteiger partial charge in [0.05, 0.1) is 0 Å². The van der Waals surface area contributed by atoms with Crippen molar-refractivity contribution in [2.24, 2.45) is 0 Å². The van der Waals surface area contributed by atoms with Crippen molar-refractivity contribution in [2.45, 2.75) is 69.9 Å². The second-order valence-corrected chi connectivity index (χ2v) is 9.81. The highest BCUT2D eigenvalue weighted by Crippen LogP contribution is 2.29. The third-order valence-electron chi connectivity index (χ3n) is 7.35. The molecule has 1 atom stereocenters. The molecule has 4 nitrogen and oxygen atoms in total. The average molecular weight is 483 g/mol. The molecule has 0 heterocycles. The van der Waals surface area contributed by atoms with Crippen LogP contribution in [0.25, 0.3) is 0 Å². The molecule has 0 bridgehead atoms. The Labute approximate surface area is 215 Å². The largest absolute Gasteiger partial charge is 0.352 e. The Kier molecular flexibility index (Phi) is 9.32. The summed E-state index contributed by atoms with van der Waals surface area (Å²) in [4.78, 5) is 29.3. The van der Waals surface area contributed by atoms with Crippen LogP contribution in [0.1, 0.15) is 68.1 Å². The van der Waals surface area contributed by atoms with Crippen molar-refractivity contribution in [3.05, 3.63) is 108 Å². The van der Waals surface area contributed by atoms with Gasteiger partial charge in [0.25, 0.3) is 0 Å². The third-order valence-corrected chi connectivity index (χ3v) is 7.35. The molecule has 4 rings (SSSR count). The molecule has 0 aromatic heterocycles. The number of rotatable bonds is 11. The maximum atomic E-state index is 14.0. The molecular formula is C32H38N2O2. The molecular weight excluding hydrogens is 444 g/mol. The van der Waals surface area contributed by atoms with Crippen LogP contribution in [0, 0.1) is 0 Å². The maximum Gasteiger partial charge on any atom is 0.243 e. The van der Waals surface area contributed by atoms with E-state index in [4.69, 9.17) is 0 Å². The molecule has 1 fully saturated rings. The average Bonchev–Trinajstić information content (AvgIpc) is 3.44. The molecule has 188 valence electrons. The number of nitrogens with zero attached hydrogens (tertiary/aromatic N) is 1. The van der Waals surface area contributed by atoms with E-state index < -0.39 is 6.04 Å². The molecule has 0 radical (unpaired) electrons. The van der Waals surface area contributed by atoms with Gasteiger partial charge in [-0.3, -0.25) is 9.59 Å². The zero-order valence-corrected chi connectivity index (χ0v) is 21.3. The van der Waals surface area contributed by atoms with Crippen molar-refractivity contribution in [1.29, 1.82) is 0 Å². The Morgan fingerprint density at radius 2 is 1.36 bits per heavy atom. The first kappa shape index (κ1) is 25.7. The topological polar surface area (TPSA) is 49.4 Å². The number of hydrogen-bond acceptors (Lipinski definition) is 2. The Morgan fingerprint density at radius 1 is 0.833 bits per heavy atom. The second-order valence-electron chi connectivity index (χ2n) is 9.81. The summed E-state index contributed by atoms with van der Waals surface area (Å²) in [6.45, 7) is 2.53. The van der Waals surface area contributed by atoms with Crippen LogP contribution in [0.3, 0.4) is 0 Å². The van der Waals surface area contributed by atoms with E-state index in [0.29, 0.717) is 19.4 Å². The highest BCUT2D eigenvalue weighted by molar-refractivity contribution is 5.88. The summed E-state index contributed by atoms with van der Waals surface area (Å²) in [5, 5.41) is 3.25. The van der Waals surface area contributed by atoms with Crippen molar-refractivity contribution < 1.29 is 9.59 Å². The van der Waals surface area contributed by atoms with E-state index in [0.717, 1.165) is 43.2 Å². The molecule has 1 saturated carbocycles. The fraction of sp³-hybridized carbons (Fsp3) is 0.375. The first-order valence-electron chi connectivity index (χ1n) is 13.4. The van der Waals surface area contributed by atoms with Gasteiger partial charge < -0.3 is 10.2 Å².